The first-order valence-corrected chi connectivity index (χ1v) is 12.9. The van der Waals surface area contributed by atoms with Crippen molar-refractivity contribution in [3.05, 3.63) is 12.7 Å². The fourth-order valence-electron chi connectivity index (χ4n) is 2.88. The van der Waals surface area contributed by atoms with Crippen molar-refractivity contribution in [3.8, 4) is 0 Å². The summed E-state index contributed by atoms with van der Waals surface area (Å²) in [7, 11) is -15.9. The molecule has 0 radical (unpaired) electrons. The standard InChI is InChI=1S/C11H18N5O14P3/c1-26-11(18)5(2-27-32(22,23)30-33(24,25)29-31(19,20)21)28-10(7(11)17)16-4-15-6-8(12)13-3-14-9(6)16/h3-5,7,10,17-18H,2H2,1H3,(H,22,23)(H,24,25)(H2,12,13,14)(H2,19,20,21)/t5-,7+,10-,11+/m1/s1. The molecule has 19 nitrogen and oxygen atoms in total. The van der Waals surface area contributed by atoms with Gasteiger partial charge in [0, 0.05) is 7.11 Å². The van der Waals surface area contributed by atoms with Crippen LogP contribution in [0.5, 0.6) is 0 Å². The second kappa shape index (κ2) is 8.99. The molecule has 3 rings (SSSR count). The lowest BCUT2D eigenvalue weighted by atomic mass is 10.1. The van der Waals surface area contributed by atoms with Crippen molar-refractivity contribution in [2.24, 2.45) is 0 Å². The number of hydrogen-bond acceptors (Lipinski definition) is 14. The maximum atomic E-state index is 11.9. The van der Waals surface area contributed by atoms with Crippen molar-refractivity contribution in [2.75, 3.05) is 19.5 Å². The van der Waals surface area contributed by atoms with E-state index in [1.165, 1.54) is 0 Å². The molecule has 0 saturated carbocycles. The first-order valence-electron chi connectivity index (χ1n) is 8.41. The zero-order valence-corrected chi connectivity index (χ0v) is 18.9. The number of rotatable bonds is 9. The second-order valence-electron chi connectivity index (χ2n) is 6.39. The normalized spacial score (nSPS) is 29.7. The molecule has 1 aliphatic rings. The molecule has 0 aromatic carbocycles. The van der Waals surface area contributed by atoms with Gasteiger partial charge in [-0.05, 0) is 0 Å². The molecule has 33 heavy (non-hydrogen) atoms. The van der Waals surface area contributed by atoms with Crippen LogP contribution in [0.2, 0.25) is 0 Å². The number of aromatic nitrogens is 4. The van der Waals surface area contributed by atoms with E-state index in [9.17, 15) is 33.7 Å². The Bertz CT molecular complexity index is 1170. The topological polar surface area (TPSA) is 288 Å². The minimum Gasteiger partial charge on any atom is -0.383 e. The Morgan fingerprint density at radius 2 is 1.82 bits per heavy atom. The monoisotopic (exact) mass is 537 g/mol. The maximum absolute atomic E-state index is 11.9. The van der Waals surface area contributed by atoms with E-state index >= 15 is 0 Å². The van der Waals surface area contributed by atoms with E-state index in [-0.39, 0.29) is 17.0 Å². The number of nitrogens with two attached hydrogens (primary N) is 1. The Balaban J connectivity index is 1.79. The molecule has 2 unspecified atom stereocenters. The van der Waals surface area contributed by atoms with Crippen LogP contribution in [0.3, 0.4) is 0 Å². The molecule has 1 aliphatic heterocycles. The quantitative estimate of drug-likeness (QED) is 0.139. The first-order chi connectivity index (χ1) is 15.1. The number of nitrogen functional groups attached to an aromatic ring is 1. The van der Waals surface area contributed by atoms with Gasteiger partial charge in [-0.3, -0.25) is 9.09 Å². The van der Waals surface area contributed by atoms with Gasteiger partial charge < -0.3 is 45.0 Å². The summed E-state index contributed by atoms with van der Waals surface area (Å²) in [5.41, 5.74) is 5.93. The summed E-state index contributed by atoms with van der Waals surface area (Å²) >= 11 is 0. The average Bonchev–Trinajstić information content (AvgIpc) is 3.19. The van der Waals surface area contributed by atoms with Crippen molar-refractivity contribution in [1.82, 2.24) is 19.5 Å². The second-order valence-corrected chi connectivity index (χ2v) is 10.8. The van der Waals surface area contributed by atoms with Crippen LogP contribution < -0.4 is 5.73 Å². The highest BCUT2D eigenvalue weighted by Gasteiger charge is 2.58. The van der Waals surface area contributed by atoms with Gasteiger partial charge in [-0.25, -0.2) is 28.6 Å². The lowest BCUT2D eigenvalue weighted by Crippen LogP contribution is -2.50. The summed E-state index contributed by atoms with van der Waals surface area (Å²) in [4.78, 5) is 47.5. The summed E-state index contributed by atoms with van der Waals surface area (Å²) in [6, 6.07) is 0. The number of phosphoric ester groups is 1. The molecule has 0 aliphatic carbocycles. The Labute approximate surface area is 183 Å². The van der Waals surface area contributed by atoms with Gasteiger partial charge in [0.2, 0.25) is 5.79 Å². The van der Waals surface area contributed by atoms with Crippen LogP contribution in [0.25, 0.3) is 11.2 Å². The number of phosphoric acid groups is 3. The number of nitrogens with zero attached hydrogens (tertiary/aromatic N) is 4. The average molecular weight is 537 g/mol. The summed E-state index contributed by atoms with van der Waals surface area (Å²) in [6.45, 7) is -1.09. The Hall–Kier alpha value is -1.40. The van der Waals surface area contributed by atoms with Gasteiger partial charge in [0.1, 0.15) is 17.9 Å². The molecule has 8 N–H and O–H groups in total. The van der Waals surface area contributed by atoms with Gasteiger partial charge in [-0.1, -0.05) is 0 Å². The van der Waals surface area contributed by atoms with Crippen molar-refractivity contribution in [2.45, 2.75) is 24.2 Å². The van der Waals surface area contributed by atoms with E-state index in [1.54, 1.807) is 0 Å². The fourth-order valence-corrected chi connectivity index (χ4v) is 5.90. The van der Waals surface area contributed by atoms with E-state index < -0.39 is 54.3 Å². The lowest BCUT2D eigenvalue weighted by Gasteiger charge is -2.29. The summed E-state index contributed by atoms with van der Waals surface area (Å²) < 4.78 is 57.2. The summed E-state index contributed by atoms with van der Waals surface area (Å²) in [5, 5.41) is 21.3. The predicted molar refractivity (Wildman–Crippen MR) is 101 cm³/mol. The highest BCUT2D eigenvalue weighted by molar-refractivity contribution is 7.66. The molecule has 2 aromatic heterocycles. The molecule has 1 fully saturated rings. The first kappa shape index (κ1) is 26.2. The number of methoxy groups -OCH3 is 1. The van der Waals surface area contributed by atoms with E-state index in [1.807, 2.05) is 0 Å². The van der Waals surface area contributed by atoms with E-state index in [0.717, 1.165) is 24.3 Å². The van der Waals surface area contributed by atoms with Gasteiger partial charge >= 0.3 is 23.5 Å². The molecule has 22 heteroatoms. The van der Waals surface area contributed by atoms with Crippen molar-refractivity contribution in [1.29, 1.82) is 0 Å². The van der Waals surface area contributed by atoms with Gasteiger partial charge in [0.05, 0.1) is 12.9 Å². The number of ether oxygens (including phenoxy) is 2. The Morgan fingerprint density at radius 1 is 1.15 bits per heavy atom. The van der Waals surface area contributed by atoms with Gasteiger partial charge in [0.15, 0.2) is 23.8 Å². The van der Waals surface area contributed by atoms with Crippen molar-refractivity contribution >= 4 is 40.4 Å². The number of anilines is 1. The minimum atomic E-state index is -5.76. The number of imidazole rings is 1. The predicted octanol–water partition coefficient (Wildman–Crippen LogP) is -1.65. The Kier molecular flexibility index (Phi) is 7.14. The summed E-state index contributed by atoms with van der Waals surface area (Å²) in [6.07, 6.45) is -2.75. The van der Waals surface area contributed by atoms with Crippen molar-refractivity contribution in [3.63, 3.8) is 0 Å². The highest BCUT2D eigenvalue weighted by Crippen LogP contribution is 2.66. The lowest BCUT2D eigenvalue weighted by molar-refractivity contribution is -0.251. The molecule has 0 bridgehead atoms. The molecule has 0 spiro atoms. The molecule has 3 heterocycles. The molecule has 0 amide bonds. The van der Waals surface area contributed by atoms with E-state index in [2.05, 4.69) is 28.1 Å². The van der Waals surface area contributed by atoms with E-state index in [0.29, 0.717) is 0 Å². The number of aliphatic hydroxyl groups excluding tert-OH is 1. The van der Waals surface area contributed by atoms with Crippen LogP contribution in [0.4, 0.5) is 5.82 Å². The summed E-state index contributed by atoms with van der Waals surface area (Å²) in [5.74, 6) is -2.54. The van der Waals surface area contributed by atoms with Crippen LogP contribution in [0.1, 0.15) is 6.23 Å². The zero-order valence-electron chi connectivity index (χ0n) is 16.3. The minimum absolute atomic E-state index is 0.0115. The molecular weight excluding hydrogens is 519 g/mol. The van der Waals surface area contributed by atoms with Gasteiger partial charge in [-0.2, -0.15) is 8.62 Å². The molecule has 186 valence electrons. The molecule has 2 aromatic rings. The van der Waals surface area contributed by atoms with Crippen LogP contribution >= 0.6 is 23.5 Å². The largest absolute Gasteiger partial charge is 0.490 e. The fraction of sp³-hybridized carbons (Fsp3) is 0.545. The molecule has 6 atom stereocenters. The van der Waals surface area contributed by atoms with Crippen LogP contribution in [0, 0.1) is 0 Å². The molecule has 1 saturated heterocycles. The SMILES string of the molecule is CO[C@@]1(O)[C@@H](COP(=O)(O)OP(=O)(O)OP(=O)(O)O)O[C@@H](n2cnc3c(N)ncnc32)[C@@H]1O. The van der Waals surface area contributed by atoms with Gasteiger partial charge in [0.25, 0.3) is 0 Å². The zero-order chi connectivity index (χ0) is 24.8. The number of hydrogen-bond donors (Lipinski definition) is 7. The third-order valence-corrected chi connectivity index (χ3v) is 8.05. The van der Waals surface area contributed by atoms with Gasteiger partial charge in [-0.15, -0.1) is 0 Å². The maximum Gasteiger partial charge on any atom is 0.490 e. The Morgan fingerprint density at radius 3 is 2.42 bits per heavy atom. The van der Waals surface area contributed by atoms with Crippen LogP contribution in [-0.2, 0) is 36.3 Å². The third kappa shape index (κ3) is 5.64. The number of aliphatic hydroxyl groups is 2. The third-order valence-electron chi connectivity index (χ3n) is 4.25. The smallest absolute Gasteiger partial charge is 0.383 e. The van der Waals surface area contributed by atoms with Crippen LogP contribution in [-0.4, -0.2) is 81.0 Å². The highest BCUT2D eigenvalue weighted by atomic mass is 31.3. The molecular formula is C11H18N5O14P3. The van der Waals surface area contributed by atoms with E-state index in [4.69, 9.17) is 25.0 Å². The van der Waals surface area contributed by atoms with Crippen LogP contribution in [0.15, 0.2) is 12.7 Å². The number of fused-ring (bicyclic) bond motifs is 1. The van der Waals surface area contributed by atoms with Crippen molar-refractivity contribution < 1.29 is 66.1 Å².